The number of hydrogen-bond acceptors (Lipinski definition) is 4. The van der Waals surface area contributed by atoms with Gasteiger partial charge in [-0.3, -0.25) is 4.79 Å². The fraction of sp³-hybridized carbons (Fsp3) is 0.400. The molecule has 0 bridgehead atoms. The van der Waals surface area contributed by atoms with Crippen molar-refractivity contribution in [1.82, 2.24) is 15.1 Å². The highest BCUT2D eigenvalue weighted by atomic mass is 16.5. The fourth-order valence-corrected chi connectivity index (χ4v) is 3.24. The van der Waals surface area contributed by atoms with Crippen LogP contribution in [0.3, 0.4) is 0 Å². The summed E-state index contributed by atoms with van der Waals surface area (Å²) in [6, 6.07) is 11.7. The minimum atomic E-state index is -0.619. The molecule has 0 aromatic heterocycles. The van der Waals surface area contributed by atoms with E-state index in [-0.39, 0.29) is 18.5 Å². The molecule has 1 heterocycles. The first kappa shape index (κ1) is 19.0. The van der Waals surface area contributed by atoms with Gasteiger partial charge in [0.1, 0.15) is 5.75 Å². The zero-order valence-corrected chi connectivity index (χ0v) is 15.9. The Bertz CT molecular complexity index is 837. The molecule has 2 aromatic carbocycles. The quantitative estimate of drug-likeness (QED) is 0.890. The van der Waals surface area contributed by atoms with Crippen molar-refractivity contribution in [2.75, 3.05) is 40.9 Å². The van der Waals surface area contributed by atoms with Crippen LogP contribution in [0.5, 0.6) is 5.75 Å². The van der Waals surface area contributed by atoms with Crippen LogP contribution >= 0.6 is 0 Å². The van der Waals surface area contributed by atoms with Crippen LogP contribution in [0.25, 0.3) is 10.8 Å². The van der Waals surface area contributed by atoms with Gasteiger partial charge in [0.2, 0.25) is 0 Å². The fourth-order valence-electron chi connectivity index (χ4n) is 3.24. The number of carbonyl (C=O) groups excluding carboxylic acids is 2. The number of nitrogens with one attached hydrogen (secondary N) is 1. The van der Waals surface area contributed by atoms with Crippen molar-refractivity contribution in [3.05, 3.63) is 42.0 Å². The summed E-state index contributed by atoms with van der Waals surface area (Å²) in [5, 5.41) is 5.08. The van der Waals surface area contributed by atoms with Gasteiger partial charge in [0.05, 0.1) is 20.3 Å². The summed E-state index contributed by atoms with van der Waals surface area (Å²) in [5.74, 6) is 0.597. The Kier molecular flexibility index (Phi) is 5.81. The highest BCUT2D eigenvalue weighted by molar-refractivity contribution is 5.88. The maximum atomic E-state index is 12.6. The van der Waals surface area contributed by atoms with Crippen LogP contribution in [0.2, 0.25) is 0 Å². The summed E-state index contributed by atoms with van der Waals surface area (Å²) in [6.07, 6.45) is -0.619. The minimum absolute atomic E-state index is 0.136. The molecule has 27 heavy (non-hydrogen) atoms. The van der Waals surface area contributed by atoms with E-state index in [2.05, 4.69) is 5.32 Å². The number of hydrogen-bond donors (Lipinski definition) is 1. The average Bonchev–Trinajstić information content (AvgIpc) is 2.70. The number of carbonyl (C=O) groups is 2. The van der Waals surface area contributed by atoms with E-state index in [0.29, 0.717) is 19.7 Å². The van der Waals surface area contributed by atoms with Crippen LogP contribution in [0, 0.1) is 0 Å². The van der Waals surface area contributed by atoms with Crippen molar-refractivity contribution in [1.29, 1.82) is 0 Å². The van der Waals surface area contributed by atoms with E-state index in [4.69, 9.17) is 9.47 Å². The number of amides is 3. The lowest BCUT2D eigenvalue weighted by Gasteiger charge is -2.33. The molecule has 1 unspecified atom stereocenters. The van der Waals surface area contributed by atoms with Gasteiger partial charge in [-0.2, -0.15) is 0 Å². The Morgan fingerprint density at radius 1 is 1.26 bits per heavy atom. The molecule has 7 heteroatoms. The number of fused-ring (bicyclic) bond motifs is 1. The summed E-state index contributed by atoms with van der Waals surface area (Å²) < 4.78 is 11.0. The molecular formula is C20H25N3O4. The monoisotopic (exact) mass is 371 g/mol. The molecule has 1 aliphatic rings. The van der Waals surface area contributed by atoms with Gasteiger partial charge in [-0.25, -0.2) is 4.79 Å². The molecule has 1 atom stereocenters. The van der Waals surface area contributed by atoms with Crippen molar-refractivity contribution in [2.24, 2.45) is 0 Å². The van der Waals surface area contributed by atoms with E-state index in [1.807, 2.05) is 36.4 Å². The molecule has 0 radical (unpaired) electrons. The van der Waals surface area contributed by atoms with Crippen molar-refractivity contribution >= 4 is 22.7 Å². The summed E-state index contributed by atoms with van der Waals surface area (Å²) in [7, 11) is 4.98. The number of benzene rings is 2. The predicted octanol–water partition coefficient (Wildman–Crippen LogP) is 1.85. The van der Waals surface area contributed by atoms with Gasteiger partial charge in [0.25, 0.3) is 5.91 Å². The van der Waals surface area contributed by atoms with E-state index >= 15 is 0 Å². The first-order valence-electron chi connectivity index (χ1n) is 8.91. The Labute approximate surface area is 158 Å². The molecule has 3 amide bonds. The Hall–Kier alpha value is -2.80. The first-order valence-corrected chi connectivity index (χ1v) is 8.91. The molecular weight excluding hydrogens is 346 g/mol. The summed E-state index contributed by atoms with van der Waals surface area (Å²) >= 11 is 0. The number of rotatable bonds is 4. The molecule has 1 aliphatic heterocycles. The van der Waals surface area contributed by atoms with Gasteiger partial charge < -0.3 is 24.6 Å². The molecule has 0 saturated carbocycles. The minimum Gasteiger partial charge on any atom is -0.496 e. The molecule has 0 spiro atoms. The molecule has 2 aromatic rings. The van der Waals surface area contributed by atoms with E-state index in [0.717, 1.165) is 22.1 Å². The highest BCUT2D eigenvalue weighted by Crippen LogP contribution is 2.27. The summed E-state index contributed by atoms with van der Waals surface area (Å²) in [6.45, 7) is 1.38. The van der Waals surface area contributed by atoms with E-state index in [1.54, 1.807) is 26.1 Å². The van der Waals surface area contributed by atoms with Crippen LogP contribution in [-0.4, -0.2) is 68.7 Å². The largest absolute Gasteiger partial charge is 0.496 e. The zero-order chi connectivity index (χ0) is 19.4. The van der Waals surface area contributed by atoms with E-state index in [9.17, 15) is 9.59 Å². The van der Waals surface area contributed by atoms with Crippen LogP contribution in [0.15, 0.2) is 36.4 Å². The van der Waals surface area contributed by atoms with Crippen molar-refractivity contribution in [2.45, 2.75) is 12.6 Å². The third-order valence-corrected chi connectivity index (χ3v) is 4.70. The van der Waals surface area contributed by atoms with Gasteiger partial charge in [0, 0.05) is 32.7 Å². The van der Waals surface area contributed by atoms with Gasteiger partial charge in [-0.05, 0) is 16.8 Å². The Morgan fingerprint density at radius 3 is 2.78 bits per heavy atom. The maximum absolute atomic E-state index is 12.6. The van der Waals surface area contributed by atoms with Gasteiger partial charge in [-0.15, -0.1) is 0 Å². The molecule has 144 valence electrons. The van der Waals surface area contributed by atoms with Crippen LogP contribution in [0.1, 0.15) is 5.56 Å². The Morgan fingerprint density at radius 2 is 2.04 bits per heavy atom. The lowest BCUT2D eigenvalue weighted by molar-refractivity contribution is -0.145. The number of urea groups is 1. The third-order valence-electron chi connectivity index (χ3n) is 4.70. The maximum Gasteiger partial charge on any atom is 0.317 e. The second kappa shape index (κ2) is 8.26. The molecule has 1 N–H and O–H groups in total. The lowest BCUT2D eigenvalue weighted by atomic mass is 10.0. The molecule has 0 aliphatic carbocycles. The first-order chi connectivity index (χ1) is 13.0. The number of methoxy groups -OCH3 is 1. The molecule has 1 saturated heterocycles. The SMILES string of the molecule is COc1ccc2ccccc2c1CNC(=O)N1CCOC(C(=O)N(C)C)C1. The number of nitrogens with zero attached hydrogens (tertiary/aromatic N) is 2. The Balaban J connectivity index is 1.71. The summed E-state index contributed by atoms with van der Waals surface area (Å²) in [4.78, 5) is 27.8. The smallest absolute Gasteiger partial charge is 0.317 e. The van der Waals surface area contributed by atoms with Gasteiger partial charge >= 0.3 is 6.03 Å². The van der Waals surface area contributed by atoms with Crippen molar-refractivity contribution < 1.29 is 19.1 Å². The second-order valence-electron chi connectivity index (χ2n) is 6.66. The standard InChI is InChI=1S/C20H25N3O4/c1-22(2)19(24)18-13-23(10-11-27-18)20(25)21-12-16-15-7-5-4-6-14(15)8-9-17(16)26-3/h4-9,18H,10-13H2,1-3H3,(H,21,25). The molecule has 7 nitrogen and oxygen atoms in total. The topological polar surface area (TPSA) is 71.1 Å². The summed E-state index contributed by atoms with van der Waals surface area (Å²) in [5.41, 5.74) is 0.929. The van der Waals surface area contributed by atoms with E-state index in [1.165, 1.54) is 4.90 Å². The molecule has 1 fully saturated rings. The van der Waals surface area contributed by atoms with Crippen LogP contribution < -0.4 is 10.1 Å². The molecule has 3 rings (SSSR count). The average molecular weight is 371 g/mol. The van der Waals surface area contributed by atoms with E-state index < -0.39 is 6.10 Å². The number of likely N-dealkylation sites (N-methyl/N-ethyl adjacent to an activating group) is 1. The number of morpholine rings is 1. The van der Waals surface area contributed by atoms with Crippen molar-refractivity contribution in [3.63, 3.8) is 0 Å². The zero-order valence-electron chi connectivity index (χ0n) is 15.9. The lowest BCUT2D eigenvalue weighted by Crippen LogP contribution is -2.53. The van der Waals surface area contributed by atoms with Gasteiger partial charge in [0.15, 0.2) is 6.10 Å². The predicted molar refractivity (Wildman–Crippen MR) is 103 cm³/mol. The normalized spacial score (nSPS) is 16.9. The third kappa shape index (κ3) is 4.14. The van der Waals surface area contributed by atoms with Crippen molar-refractivity contribution in [3.8, 4) is 5.75 Å². The number of ether oxygens (including phenoxy) is 2. The van der Waals surface area contributed by atoms with Gasteiger partial charge in [-0.1, -0.05) is 30.3 Å². The van der Waals surface area contributed by atoms with Crippen LogP contribution in [-0.2, 0) is 16.1 Å². The van der Waals surface area contributed by atoms with Crippen LogP contribution in [0.4, 0.5) is 4.79 Å². The highest BCUT2D eigenvalue weighted by Gasteiger charge is 2.30. The second-order valence-corrected chi connectivity index (χ2v) is 6.66.